The quantitative estimate of drug-likeness (QED) is 0.157. The number of fused-ring (bicyclic) bond motifs is 1. The predicted molar refractivity (Wildman–Crippen MR) is 181 cm³/mol. The summed E-state index contributed by atoms with van der Waals surface area (Å²) >= 11 is 0. The number of amides is 2. The number of pyridine rings is 2. The molecule has 1 aliphatic rings. The zero-order chi connectivity index (χ0) is 36.3. The Morgan fingerprint density at radius 3 is 2.15 bits per heavy atom. The molecular formula is C35H31ClF6N6O4. The number of anilines is 1. The van der Waals surface area contributed by atoms with E-state index in [4.69, 9.17) is 9.47 Å². The summed E-state index contributed by atoms with van der Waals surface area (Å²) in [6.45, 7) is 1.51. The van der Waals surface area contributed by atoms with Crippen molar-refractivity contribution in [2.45, 2.75) is 18.9 Å². The van der Waals surface area contributed by atoms with Crippen LogP contribution in [0.2, 0.25) is 0 Å². The van der Waals surface area contributed by atoms with E-state index in [2.05, 4.69) is 20.2 Å². The number of hydrogen-bond acceptors (Lipinski definition) is 7. The van der Waals surface area contributed by atoms with Crippen molar-refractivity contribution < 1.29 is 45.4 Å². The lowest BCUT2D eigenvalue weighted by Gasteiger charge is -2.34. The summed E-state index contributed by atoms with van der Waals surface area (Å²) in [4.78, 5) is 37.4. The first-order chi connectivity index (χ1) is 24.2. The second kappa shape index (κ2) is 15.5. The Labute approximate surface area is 299 Å². The van der Waals surface area contributed by atoms with Crippen molar-refractivity contribution >= 4 is 40.8 Å². The largest absolute Gasteiger partial charge is 0.484 e. The lowest BCUT2D eigenvalue weighted by atomic mass is 10.2. The lowest BCUT2D eigenvalue weighted by molar-refractivity contribution is -0.153. The fourth-order valence-corrected chi connectivity index (χ4v) is 5.50. The van der Waals surface area contributed by atoms with E-state index in [1.165, 1.54) is 30.5 Å². The van der Waals surface area contributed by atoms with Crippen molar-refractivity contribution in [2.24, 2.45) is 7.05 Å². The zero-order valence-electron chi connectivity index (χ0n) is 27.4. The number of aromatic nitrogens is 3. The number of hydrogen-bond donors (Lipinski definition) is 1. The first kappa shape index (κ1) is 37.9. The third kappa shape index (κ3) is 9.30. The second-order valence-corrected chi connectivity index (χ2v) is 11.8. The monoisotopic (exact) mass is 748 g/mol. The minimum absolute atomic E-state index is 0. The number of piperazine rings is 1. The minimum atomic E-state index is -4.61. The van der Waals surface area contributed by atoms with Gasteiger partial charge in [0.25, 0.3) is 11.8 Å². The summed E-state index contributed by atoms with van der Waals surface area (Å²) in [6.07, 6.45) is -6.82. The summed E-state index contributed by atoms with van der Waals surface area (Å²) in [5.41, 5.74) is 1.33. The van der Waals surface area contributed by atoms with Crippen LogP contribution in [0.4, 0.5) is 32.0 Å². The van der Waals surface area contributed by atoms with Gasteiger partial charge in [0, 0.05) is 63.5 Å². The minimum Gasteiger partial charge on any atom is -0.484 e. The Morgan fingerprint density at radius 2 is 1.54 bits per heavy atom. The average molecular weight is 749 g/mol. The van der Waals surface area contributed by atoms with Crippen LogP contribution < -0.4 is 14.8 Å². The number of halogens is 7. The number of aryl methyl sites for hydroxylation is 1. The van der Waals surface area contributed by atoms with E-state index in [-0.39, 0.29) is 35.5 Å². The molecule has 0 aliphatic carbocycles. The smallest absolute Gasteiger partial charge is 0.433 e. The molecule has 5 aromatic rings. The molecule has 6 rings (SSSR count). The highest BCUT2D eigenvalue weighted by Crippen LogP contribution is 2.29. The fourth-order valence-electron chi connectivity index (χ4n) is 5.50. The third-order valence-electron chi connectivity index (χ3n) is 8.16. The normalized spacial score (nSPS) is 13.8. The first-order valence-electron chi connectivity index (χ1n) is 15.6. The van der Waals surface area contributed by atoms with Crippen LogP contribution in [0, 0.1) is 0 Å². The van der Waals surface area contributed by atoms with Crippen LogP contribution in [-0.4, -0.2) is 75.1 Å². The molecule has 0 saturated carbocycles. The molecule has 0 bridgehead atoms. The summed E-state index contributed by atoms with van der Waals surface area (Å²) in [5, 5.41) is 3.38. The van der Waals surface area contributed by atoms with Crippen LogP contribution in [0.1, 0.15) is 32.1 Å². The molecule has 1 saturated heterocycles. The van der Waals surface area contributed by atoms with Gasteiger partial charge in [0.1, 0.15) is 22.9 Å². The van der Waals surface area contributed by atoms with E-state index in [1.54, 1.807) is 40.8 Å². The Bertz CT molecular complexity index is 2010. The Morgan fingerprint density at radius 1 is 0.827 bits per heavy atom. The van der Waals surface area contributed by atoms with Gasteiger partial charge < -0.3 is 24.3 Å². The van der Waals surface area contributed by atoms with E-state index in [9.17, 15) is 35.9 Å². The summed E-state index contributed by atoms with van der Waals surface area (Å²) in [7, 11) is 1.79. The van der Waals surface area contributed by atoms with Crippen LogP contribution in [0.15, 0.2) is 85.2 Å². The van der Waals surface area contributed by atoms with Gasteiger partial charge in [0.05, 0.1) is 23.0 Å². The first-order valence-corrected chi connectivity index (χ1v) is 15.6. The maximum Gasteiger partial charge on any atom is 0.433 e. The van der Waals surface area contributed by atoms with Gasteiger partial charge in [-0.15, -0.1) is 12.4 Å². The number of alkyl halides is 6. The van der Waals surface area contributed by atoms with E-state index >= 15 is 0 Å². The second-order valence-electron chi connectivity index (χ2n) is 11.8. The molecule has 2 amide bonds. The molecule has 2 aromatic carbocycles. The van der Waals surface area contributed by atoms with Crippen LogP contribution in [-0.2, 0) is 19.8 Å². The standard InChI is InChI=1S/C35H30F6N6O4.ClH/c1-45-28-17-27(51-31-11-6-25(19-43-31)44-32(48)24-5-10-30(42-18-24)35(39,40)41)9-4-23(28)16-29(45)33(49)47-14-12-46(13-15-47)20-22-2-7-26(8-3-22)50-21-34(36,37)38;/h2-11,16-19H,12-15,20-21H2,1H3,(H,44,48);1H. The van der Waals surface area contributed by atoms with Gasteiger partial charge in [-0.2, -0.15) is 26.3 Å². The fraction of sp³-hybridized carbons (Fsp3) is 0.257. The molecule has 17 heteroatoms. The maximum atomic E-state index is 13.5. The van der Waals surface area contributed by atoms with Gasteiger partial charge in [0.2, 0.25) is 5.88 Å². The highest BCUT2D eigenvalue weighted by Gasteiger charge is 2.32. The van der Waals surface area contributed by atoms with E-state index < -0.39 is 30.6 Å². The maximum absolute atomic E-state index is 13.5. The molecule has 0 radical (unpaired) electrons. The van der Waals surface area contributed by atoms with Crippen molar-refractivity contribution in [1.82, 2.24) is 24.3 Å². The molecule has 3 aromatic heterocycles. The molecular weight excluding hydrogens is 718 g/mol. The van der Waals surface area contributed by atoms with Crippen molar-refractivity contribution in [1.29, 1.82) is 0 Å². The van der Waals surface area contributed by atoms with Crippen LogP contribution in [0.25, 0.3) is 10.9 Å². The lowest BCUT2D eigenvalue weighted by Crippen LogP contribution is -2.48. The molecule has 52 heavy (non-hydrogen) atoms. The highest BCUT2D eigenvalue weighted by atomic mass is 35.5. The van der Waals surface area contributed by atoms with E-state index in [0.29, 0.717) is 49.9 Å². The number of nitrogens with one attached hydrogen (secondary N) is 1. The van der Waals surface area contributed by atoms with Crippen molar-refractivity contribution in [3.05, 3.63) is 108 Å². The van der Waals surface area contributed by atoms with Gasteiger partial charge >= 0.3 is 12.4 Å². The van der Waals surface area contributed by atoms with Crippen LogP contribution >= 0.6 is 12.4 Å². The zero-order valence-corrected chi connectivity index (χ0v) is 28.2. The predicted octanol–water partition coefficient (Wildman–Crippen LogP) is 7.35. The number of rotatable bonds is 9. The van der Waals surface area contributed by atoms with Crippen molar-refractivity contribution in [2.75, 3.05) is 38.1 Å². The Kier molecular flexibility index (Phi) is 11.3. The van der Waals surface area contributed by atoms with E-state index in [1.807, 2.05) is 12.1 Å². The molecule has 274 valence electrons. The molecule has 0 spiro atoms. The molecule has 10 nitrogen and oxygen atoms in total. The summed E-state index contributed by atoms with van der Waals surface area (Å²) < 4.78 is 87.9. The van der Waals surface area contributed by atoms with Crippen LogP contribution in [0.5, 0.6) is 17.4 Å². The SMILES string of the molecule is Cl.Cn1c(C(=O)N2CCN(Cc3ccc(OCC(F)(F)F)cc3)CC2)cc2ccc(Oc3ccc(NC(=O)c4ccc(C(F)(F)F)nc4)cn3)cc21. The topological polar surface area (TPSA) is 102 Å². The van der Waals surface area contributed by atoms with Gasteiger partial charge in [-0.1, -0.05) is 12.1 Å². The number of carbonyl (C=O) groups is 2. The van der Waals surface area contributed by atoms with Gasteiger partial charge in [-0.05, 0) is 54.1 Å². The summed E-state index contributed by atoms with van der Waals surface area (Å²) in [5.74, 6) is 0.0514. The van der Waals surface area contributed by atoms with Crippen molar-refractivity contribution in [3.63, 3.8) is 0 Å². The highest BCUT2D eigenvalue weighted by molar-refractivity contribution is 6.04. The number of benzene rings is 2. The molecule has 0 atom stereocenters. The average Bonchev–Trinajstić information content (AvgIpc) is 3.43. The number of carbonyl (C=O) groups excluding carboxylic acids is 2. The third-order valence-corrected chi connectivity index (χ3v) is 8.16. The number of nitrogens with zero attached hydrogens (tertiary/aromatic N) is 5. The van der Waals surface area contributed by atoms with Gasteiger partial charge in [-0.25, -0.2) is 4.98 Å². The molecule has 1 fully saturated rings. The van der Waals surface area contributed by atoms with Crippen LogP contribution in [0.3, 0.4) is 0 Å². The Hall–Kier alpha value is -5.35. The van der Waals surface area contributed by atoms with Gasteiger partial charge in [0.15, 0.2) is 6.61 Å². The van der Waals surface area contributed by atoms with Crippen molar-refractivity contribution in [3.8, 4) is 17.4 Å². The molecule has 1 aliphatic heterocycles. The van der Waals surface area contributed by atoms with Gasteiger partial charge in [-0.3, -0.25) is 19.5 Å². The molecule has 1 N–H and O–H groups in total. The molecule has 4 heterocycles. The Balaban J connectivity index is 0.00000523. The van der Waals surface area contributed by atoms with E-state index in [0.717, 1.165) is 34.8 Å². The molecule has 0 unspecified atom stereocenters. The number of ether oxygens (including phenoxy) is 2. The summed E-state index contributed by atoms with van der Waals surface area (Å²) in [6, 6.07) is 18.5.